The highest BCUT2D eigenvalue weighted by molar-refractivity contribution is 14.1. The van der Waals surface area contributed by atoms with Crippen molar-refractivity contribution in [2.45, 2.75) is 20.7 Å². The fourth-order valence-corrected chi connectivity index (χ4v) is 1.95. The van der Waals surface area contributed by atoms with E-state index in [4.69, 9.17) is 0 Å². The van der Waals surface area contributed by atoms with E-state index in [0.29, 0.717) is 0 Å². The molecule has 0 aromatic heterocycles. The Labute approximate surface area is 77.4 Å². The average Bonchev–Trinajstić information content (AvgIpc) is 1.77. The molecule has 8 heavy (non-hydrogen) atoms. The molecule has 0 nitrogen and oxygen atoms in total. The topological polar surface area (TPSA) is 0 Å². The first kappa shape index (κ1) is 7.31. The van der Waals surface area contributed by atoms with Gasteiger partial charge in [-0.15, -0.1) is 0 Å². The molecule has 0 heterocycles. The van der Waals surface area contributed by atoms with Gasteiger partial charge in [0, 0.05) is 7.85 Å². The lowest BCUT2D eigenvalue weighted by Crippen LogP contribution is -2.05. The van der Waals surface area contributed by atoms with E-state index in [0.717, 1.165) is 7.85 Å². The molecule has 0 aromatic rings. The first-order valence-electron chi connectivity index (χ1n) is 2.75. The normalized spacial score (nSPS) is 37.8. The van der Waals surface area contributed by atoms with Gasteiger partial charge in [-0.3, -0.25) is 0 Å². The summed E-state index contributed by atoms with van der Waals surface area (Å²) in [6.07, 6.45) is 7.34. The van der Waals surface area contributed by atoms with Crippen LogP contribution in [0.25, 0.3) is 0 Å². The monoisotopic (exact) mass is 334 g/mol. The first-order chi connectivity index (χ1) is 3.79. The number of rotatable bonds is 0. The fourth-order valence-electron chi connectivity index (χ4n) is 0.752. The van der Waals surface area contributed by atoms with E-state index in [1.807, 2.05) is 0 Å². The molecule has 1 unspecified atom stereocenters. The van der Waals surface area contributed by atoms with Gasteiger partial charge in [0.1, 0.15) is 0 Å². The van der Waals surface area contributed by atoms with Crippen LogP contribution >= 0.6 is 45.2 Å². The Bertz CT molecular complexity index is 86.7. The standard InChI is InChI=1S/C6H8I2/c7-5-1-2-6(8)4-3-5/h1-2,5-6H,3-4H2/t5-,6?/m1/s1. The molecule has 0 amide bonds. The smallest absolute Gasteiger partial charge is 0.0290 e. The van der Waals surface area contributed by atoms with E-state index < -0.39 is 0 Å². The van der Waals surface area contributed by atoms with Crippen molar-refractivity contribution in [2.75, 3.05) is 0 Å². The lowest BCUT2D eigenvalue weighted by Gasteiger charge is -2.12. The summed E-state index contributed by atoms with van der Waals surface area (Å²) in [5, 5.41) is 0. The highest BCUT2D eigenvalue weighted by atomic mass is 127. The summed E-state index contributed by atoms with van der Waals surface area (Å²) in [7, 11) is 0. The van der Waals surface area contributed by atoms with Gasteiger partial charge in [-0.1, -0.05) is 57.3 Å². The second kappa shape index (κ2) is 3.39. The van der Waals surface area contributed by atoms with Crippen LogP contribution in [-0.4, -0.2) is 7.85 Å². The van der Waals surface area contributed by atoms with Crippen LogP contribution in [0.5, 0.6) is 0 Å². The second-order valence-electron chi connectivity index (χ2n) is 1.99. The second-order valence-corrected chi connectivity index (χ2v) is 5.19. The number of hydrogen-bond donors (Lipinski definition) is 0. The minimum Gasteiger partial charge on any atom is -0.0781 e. The lowest BCUT2D eigenvalue weighted by molar-refractivity contribution is 0.781. The predicted octanol–water partition coefficient (Wildman–Crippen LogP) is 2.94. The van der Waals surface area contributed by atoms with Crippen LogP contribution in [0, 0.1) is 0 Å². The Balaban J connectivity index is 2.42. The summed E-state index contributed by atoms with van der Waals surface area (Å²) >= 11 is 4.95. The average molecular weight is 334 g/mol. The van der Waals surface area contributed by atoms with Gasteiger partial charge in [-0.25, -0.2) is 0 Å². The molecule has 1 aliphatic rings. The van der Waals surface area contributed by atoms with Crippen LogP contribution in [0.3, 0.4) is 0 Å². The van der Waals surface area contributed by atoms with E-state index in [9.17, 15) is 0 Å². The molecular formula is C6H8I2. The van der Waals surface area contributed by atoms with E-state index in [-0.39, 0.29) is 0 Å². The van der Waals surface area contributed by atoms with Gasteiger partial charge < -0.3 is 0 Å². The van der Waals surface area contributed by atoms with Crippen molar-refractivity contribution in [1.82, 2.24) is 0 Å². The quantitative estimate of drug-likeness (QED) is 0.363. The van der Waals surface area contributed by atoms with Gasteiger partial charge >= 0.3 is 0 Å². The van der Waals surface area contributed by atoms with Crippen molar-refractivity contribution in [3.8, 4) is 0 Å². The highest BCUT2D eigenvalue weighted by Gasteiger charge is 2.08. The molecule has 0 saturated carbocycles. The van der Waals surface area contributed by atoms with E-state index in [1.54, 1.807) is 0 Å². The maximum absolute atomic E-state index is 2.48. The Morgan fingerprint density at radius 2 is 1.38 bits per heavy atom. The maximum Gasteiger partial charge on any atom is 0.0290 e. The molecule has 1 rings (SSSR count). The SMILES string of the molecule is IC1C=C[C@@H](I)CC1. The molecule has 0 N–H and O–H groups in total. The van der Waals surface area contributed by atoms with Crippen molar-refractivity contribution in [2.24, 2.45) is 0 Å². The summed E-state index contributed by atoms with van der Waals surface area (Å²) in [6, 6.07) is 0. The predicted molar refractivity (Wildman–Crippen MR) is 54.0 cm³/mol. The summed E-state index contributed by atoms with van der Waals surface area (Å²) in [5.74, 6) is 0. The molecular weight excluding hydrogens is 326 g/mol. The Morgan fingerprint density at radius 1 is 1.00 bits per heavy atom. The highest BCUT2D eigenvalue weighted by Crippen LogP contribution is 2.22. The molecule has 0 aromatic carbocycles. The van der Waals surface area contributed by atoms with Gasteiger partial charge in [0.15, 0.2) is 0 Å². The molecule has 0 radical (unpaired) electrons. The van der Waals surface area contributed by atoms with Gasteiger partial charge in [-0.05, 0) is 12.8 Å². The third-order valence-corrected chi connectivity index (χ3v) is 3.32. The number of alkyl halides is 2. The van der Waals surface area contributed by atoms with Crippen LogP contribution in [0.2, 0.25) is 0 Å². The van der Waals surface area contributed by atoms with Crippen molar-refractivity contribution in [3.05, 3.63) is 12.2 Å². The Hall–Kier alpha value is 1.20. The molecule has 2 atom stereocenters. The van der Waals surface area contributed by atoms with Gasteiger partial charge in [0.25, 0.3) is 0 Å². The first-order valence-corrected chi connectivity index (χ1v) is 5.24. The van der Waals surface area contributed by atoms with Crippen molar-refractivity contribution in [3.63, 3.8) is 0 Å². The van der Waals surface area contributed by atoms with Crippen LogP contribution in [0.4, 0.5) is 0 Å². The fraction of sp³-hybridized carbons (Fsp3) is 0.667. The minimum absolute atomic E-state index is 0.804. The van der Waals surface area contributed by atoms with E-state index >= 15 is 0 Å². The van der Waals surface area contributed by atoms with Crippen molar-refractivity contribution < 1.29 is 0 Å². The Kier molecular flexibility index (Phi) is 3.10. The summed E-state index contributed by atoms with van der Waals surface area (Å²) in [5.41, 5.74) is 0. The molecule has 0 bridgehead atoms. The van der Waals surface area contributed by atoms with Crippen LogP contribution in [0.1, 0.15) is 12.8 Å². The zero-order chi connectivity index (χ0) is 5.98. The largest absolute Gasteiger partial charge is 0.0781 e. The third kappa shape index (κ3) is 2.21. The third-order valence-electron chi connectivity index (χ3n) is 1.25. The van der Waals surface area contributed by atoms with Gasteiger partial charge in [-0.2, -0.15) is 0 Å². The molecule has 0 spiro atoms. The maximum atomic E-state index is 2.48. The van der Waals surface area contributed by atoms with Gasteiger partial charge in [0.2, 0.25) is 0 Å². The molecule has 2 heteroatoms. The number of halogens is 2. The number of allylic oxidation sites excluding steroid dienone is 2. The van der Waals surface area contributed by atoms with Crippen LogP contribution in [0.15, 0.2) is 12.2 Å². The van der Waals surface area contributed by atoms with Crippen molar-refractivity contribution in [1.29, 1.82) is 0 Å². The zero-order valence-corrected chi connectivity index (χ0v) is 8.79. The van der Waals surface area contributed by atoms with Crippen molar-refractivity contribution >= 4 is 45.2 Å². The molecule has 0 aliphatic heterocycles. The zero-order valence-electron chi connectivity index (χ0n) is 4.48. The summed E-state index contributed by atoms with van der Waals surface area (Å²) in [6.45, 7) is 0. The summed E-state index contributed by atoms with van der Waals surface area (Å²) in [4.78, 5) is 0. The molecule has 0 fully saturated rings. The molecule has 1 aliphatic carbocycles. The Morgan fingerprint density at radius 3 is 1.62 bits per heavy atom. The van der Waals surface area contributed by atoms with Gasteiger partial charge in [0.05, 0.1) is 0 Å². The molecule has 0 saturated heterocycles. The summed E-state index contributed by atoms with van der Waals surface area (Å²) < 4.78 is 1.61. The van der Waals surface area contributed by atoms with Crippen LogP contribution < -0.4 is 0 Å². The molecule has 46 valence electrons. The lowest BCUT2D eigenvalue weighted by atomic mass is 10.1. The van der Waals surface area contributed by atoms with E-state index in [2.05, 4.69) is 57.3 Å². The van der Waals surface area contributed by atoms with E-state index in [1.165, 1.54) is 12.8 Å². The minimum atomic E-state index is 0.804. The van der Waals surface area contributed by atoms with Crippen LogP contribution in [-0.2, 0) is 0 Å². The number of hydrogen-bond acceptors (Lipinski definition) is 0.